The van der Waals surface area contributed by atoms with Gasteiger partial charge in [0.1, 0.15) is 0 Å². The van der Waals surface area contributed by atoms with Crippen LogP contribution in [0.1, 0.15) is 26.3 Å². The Hall–Kier alpha value is -3.02. The van der Waals surface area contributed by atoms with Crippen molar-refractivity contribution in [3.8, 4) is 0 Å². The first-order valence-corrected chi connectivity index (χ1v) is 8.97. The molecule has 6 heteroatoms. The first kappa shape index (κ1) is 17.8. The smallest absolute Gasteiger partial charge is 0.308 e. The van der Waals surface area contributed by atoms with Gasteiger partial charge in [0.05, 0.1) is 11.0 Å². The maximum atomic E-state index is 12.4. The number of anilines is 2. The number of urea groups is 1. The molecule has 6 nitrogen and oxygen atoms in total. The topological polar surface area (TPSA) is 68.1 Å². The highest BCUT2D eigenvalue weighted by atomic mass is 16.2. The van der Waals surface area contributed by atoms with Crippen LogP contribution >= 0.6 is 0 Å². The van der Waals surface area contributed by atoms with E-state index in [1.54, 1.807) is 9.13 Å². The van der Waals surface area contributed by atoms with Gasteiger partial charge in [0.15, 0.2) is 0 Å². The van der Waals surface area contributed by atoms with Gasteiger partial charge in [-0.1, -0.05) is 19.1 Å². The number of nitrogens with zero attached hydrogens (tertiary/aromatic N) is 2. The molecule has 26 heavy (non-hydrogen) atoms. The number of hydrogen-bond acceptors (Lipinski definition) is 2. The minimum atomic E-state index is -0.311. The number of fused-ring (bicyclic) bond motifs is 1. The zero-order chi connectivity index (χ0) is 18.7. The molecule has 136 valence electrons. The molecule has 0 unspecified atom stereocenters. The third-order valence-electron chi connectivity index (χ3n) is 4.53. The highest BCUT2D eigenvalue weighted by Gasteiger charge is 2.12. The standard InChI is InChI=1S/C20H24N4O2/c1-4-14-7-9-15(10-8-14)21-19(25)22-16-11-12-17-18(13-16)24(6-3)20(26)23(17)5-2/h7-13H,4-6H2,1-3H3,(H2,21,22,25). The van der Waals surface area contributed by atoms with E-state index in [0.717, 1.165) is 23.1 Å². The molecule has 2 aromatic carbocycles. The minimum absolute atomic E-state index is 0.0254. The maximum absolute atomic E-state index is 12.4. The molecule has 0 aliphatic rings. The fourth-order valence-corrected chi connectivity index (χ4v) is 3.13. The lowest BCUT2D eigenvalue weighted by Crippen LogP contribution is -2.23. The number of aromatic nitrogens is 2. The quantitative estimate of drug-likeness (QED) is 0.727. The van der Waals surface area contributed by atoms with E-state index in [1.807, 2.05) is 56.3 Å². The Kier molecular flexibility index (Phi) is 5.11. The average molecular weight is 352 g/mol. The van der Waals surface area contributed by atoms with Crippen LogP contribution in [0.15, 0.2) is 47.3 Å². The number of benzene rings is 2. The second kappa shape index (κ2) is 7.47. The third kappa shape index (κ3) is 3.35. The summed E-state index contributed by atoms with van der Waals surface area (Å²) in [4.78, 5) is 24.7. The van der Waals surface area contributed by atoms with Crippen LogP contribution in [0.3, 0.4) is 0 Å². The Balaban J connectivity index is 1.81. The Bertz CT molecular complexity index is 983. The molecule has 0 radical (unpaired) electrons. The minimum Gasteiger partial charge on any atom is -0.308 e. The molecule has 0 fully saturated rings. The first-order chi connectivity index (χ1) is 12.6. The normalized spacial score (nSPS) is 10.9. The Labute approximate surface area is 152 Å². The van der Waals surface area contributed by atoms with E-state index in [-0.39, 0.29) is 11.7 Å². The number of aryl methyl sites for hydroxylation is 3. The molecule has 1 heterocycles. The van der Waals surface area contributed by atoms with Crippen molar-refractivity contribution in [1.82, 2.24) is 9.13 Å². The lowest BCUT2D eigenvalue weighted by molar-refractivity contribution is 0.262. The van der Waals surface area contributed by atoms with E-state index in [4.69, 9.17) is 0 Å². The van der Waals surface area contributed by atoms with E-state index < -0.39 is 0 Å². The molecule has 2 amide bonds. The molecule has 3 rings (SSSR count). The summed E-state index contributed by atoms with van der Waals surface area (Å²) >= 11 is 0. The summed E-state index contributed by atoms with van der Waals surface area (Å²) in [6, 6.07) is 13.0. The van der Waals surface area contributed by atoms with Gasteiger partial charge in [-0.05, 0) is 56.2 Å². The number of hydrogen-bond donors (Lipinski definition) is 2. The highest BCUT2D eigenvalue weighted by Crippen LogP contribution is 2.19. The van der Waals surface area contributed by atoms with Gasteiger partial charge >= 0.3 is 11.7 Å². The predicted molar refractivity (Wildman–Crippen MR) is 106 cm³/mol. The summed E-state index contributed by atoms with van der Waals surface area (Å²) in [6.45, 7) is 7.18. The number of carbonyl (C=O) groups excluding carboxylic acids is 1. The summed E-state index contributed by atoms with van der Waals surface area (Å²) in [6.07, 6.45) is 0.961. The lowest BCUT2D eigenvalue weighted by atomic mass is 10.1. The number of carbonyl (C=O) groups is 1. The van der Waals surface area contributed by atoms with Gasteiger partial charge in [-0.2, -0.15) is 0 Å². The van der Waals surface area contributed by atoms with Crippen LogP contribution in [-0.4, -0.2) is 15.2 Å². The van der Waals surface area contributed by atoms with Crippen LogP contribution in [-0.2, 0) is 19.5 Å². The van der Waals surface area contributed by atoms with Gasteiger partial charge in [0, 0.05) is 24.5 Å². The summed E-state index contributed by atoms with van der Waals surface area (Å²) in [5, 5.41) is 5.66. The van der Waals surface area contributed by atoms with Crippen LogP contribution < -0.4 is 16.3 Å². The SMILES string of the molecule is CCc1ccc(NC(=O)Nc2ccc3c(c2)n(CC)c(=O)n3CC)cc1. The summed E-state index contributed by atoms with van der Waals surface area (Å²) in [5.74, 6) is 0. The van der Waals surface area contributed by atoms with Crippen LogP contribution in [0.2, 0.25) is 0 Å². The fraction of sp³-hybridized carbons (Fsp3) is 0.300. The van der Waals surface area contributed by atoms with Crippen molar-refractivity contribution in [2.45, 2.75) is 40.3 Å². The summed E-state index contributed by atoms with van der Waals surface area (Å²) in [7, 11) is 0. The van der Waals surface area contributed by atoms with Gasteiger partial charge in [-0.3, -0.25) is 9.13 Å². The number of imidazole rings is 1. The number of nitrogens with one attached hydrogen (secondary N) is 2. The van der Waals surface area contributed by atoms with E-state index in [9.17, 15) is 9.59 Å². The highest BCUT2D eigenvalue weighted by molar-refractivity contribution is 6.00. The molecule has 1 aromatic heterocycles. The Morgan fingerprint density at radius 3 is 2.04 bits per heavy atom. The molecular weight excluding hydrogens is 328 g/mol. The maximum Gasteiger partial charge on any atom is 0.329 e. The average Bonchev–Trinajstić information content (AvgIpc) is 2.92. The van der Waals surface area contributed by atoms with Gasteiger partial charge in [-0.25, -0.2) is 9.59 Å². The first-order valence-electron chi connectivity index (χ1n) is 8.97. The second-order valence-corrected chi connectivity index (χ2v) is 6.10. The molecule has 0 aliphatic carbocycles. The fourth-order valence-electron chi connectivity index (χ4n) is 3.13. The van der Waals surface area contributed by atoms with Crippen LogP contribution in [0.25, 0.3) is 11.0 Å². The molecule has 0 saturated carbocycles. The van der Waals surface area contributed by atoms with Gasteiger partial charge < -0.3 is 10.6 Å². The monoisotopic (exact) mass is 352 g/mol. The number of rotatable bonds is 5. The lowest BCUT2D eigenvalue weighted by Gasteiger charge is -2.09. The predicted octanol–water partition coefficient (Wildman–Crippen LogP) is 4.05. The summed E-state index contributed by atoms with van der Waals surface area (Å²) in [5.41, 5.74) is 4.28. The van der Waals surface area contributed by atoms with Crippen LogP contribution in [0.4, 0.5) is 16.2 Å². The van der Waals surface area contributed by atoms with Crippen molar-refractivity contribution in [1.29, 1.82) is 0 Å². The zero-order valence-corrected chi connectivity index (χ0v) is 15.4. The largest absolute Gasteiger partial charge is 0.329 e. The molecular formula is C20H24N4O2. The van der Waals surface area contributed by atoms with E-state index in [2.05, 4.69) is 17.6 Å². The van der Waals surface area contributed by atoms with E-state index >= 15 is 0 Å². The Morgan fingerprint density at radius 1 is 0.846 bits per heavy atom. The Morgan fingerprint density at radius 2 is 1.42 bits per heavy atom. The molecule has 0 spiro atoms. The van der Waals surface area contributed by atoms with Crippen molar-refractivity contribution in [2.24, 2.45) is 0 Å². The molecule has 0 bridgehead atoms. The van der Waals surface area contributed by atoms with E-state index in [1.165, 1.54) is 5.56 Å². The van der Waals surface area contributed by atoms with Crippen LogP contribution in [0, 0.1) is 0 Å². The molecule has 0 saturated heterocycles. The van der Waals surface area contributed by atoms with Gasteiger partial charge in [0.25, 0.3) is 0 Å². The van der Waals surface area contributed by atoms with Crippen molar-refractivity contribution in [3.05, 3.63) is 58.5 Å². The third-order valence-corrected chi connectivity index (χ3v) is 4.53. The van der Waals surface area contributed by atoms with Crippen molar-refractivity contribution in [3.63, 3.8) is 0 Å². The second-order valence-electron chi connectivity index (χ2n) is 6.10. The van der Waals surface area contributed by atoms with Crippen molar-refractivity contribution >= 4 is 28.4 Å². The molecule has 0 atom stereocenters. The van der Waals surface area contributed by atoms with Crippen LogP contribution in [0.5, 0.6) is 0 Å². The van der Waals surface area contributed by atoms with Crippen molar-refractivity contribution in [2.75, 3.05) is 10.6 Å². The number of amides is 2. The molecule has 2 N–H and O–H groups in total. The molecule has 3 aromatic rings. The zero-order valence-electron chi connectivity index (χ0n) is 15.4. The molecule has 0 aliphatic heterocycles. The van der Waals surface area contributed by atoms with Gasteiger partial charge in [-0.15, -0.1) is 0 Å². The van der Waals surface area contributed by atoms with Crippen molar-refractivity contribution < 1.29 is 4.79 Å². The summed E-state index contributed by atoms with van der Waals surface area (Å²) < 4.78 is 3.45. The van der Waals surface area contributed by atoms with Gasteiger partial charge in [0.2, 0.25) is 0 Å². The van der Waals surface area contributed by atoms with E-state index in [0.29, 0.717) is 18.8 Å².